The summed E-state index contributed by atoms with van der Waals surface area (Å²) in [5, 5.41) is 26.0. The molecular formula is C39H36N6O12. The molecule has 0 amide bonds. The van der Waals surface area contributed by atoms with Gasteiger partial charge in [-0.2, -0.15) is 0 Å². The van der Waals surface area contributed by atoms with Gasteiger partial charge in [-0.15, -0.1) is 30.6 Å². The Labute approximate surface area is 325 Å². The van der Waals surface area contributed by atoms with Crippen molar-refractivity contribution in [2.75, 3.05) is 64.0 Å². The molecule has 7 aromatic rings. The zero-order valence-electron chi connectivity index (χ0n) is 32.3. The van der Waals surface area contributed by atoms with E-state index in [1.807, 2.05) is 0 Å². The summed E-state index contributed by atoms with van der Waals surface area (Å²) >= 11 is 0. The van der Waals surface area contributed by atoms with E-state index in [0.29, 0.717) is 85.1 Å². The van der Waals surface area contributed by atoms with Gasteiger partial charge in [0.15, 0.2) is 34.5 Å². The van der Waals surface area contributed by atoms with E-state index in [-0.39, 0.29) is 35.3 Å². The summed E-state index contributed by atoms with van der Waals surface area (Å²) < 4.78 is 68.2. The van der Waals surface area contributed by atoms with Gasteiger partial charge in [0.05, 0.1) is 64.0 Å². The van der Waals surface area contributed by atoms with Gasteiger partial charge in [0, 0.05) is 33.4 Å². The van der Waals surface area contributed by atoms with Gasteiger partial charge < -0.3 is 55.9 Å². The van der Waals surface area contributed by atoms with Crippen LogP contribution in [0, 0.1) is 0 Å². The van der Waals surface area contributed by atoms with Crippen LogP contribution >= 0.6 is 0 Å². The fourth-order valence-electron chi connectivity index (χ4n) is 5.98. The second kappa shape index (κ2) is 16.1. The Kier molecular flexibility index (Phi) is 10.7. The topological polar surface area (TPSA) is 200 Å². The van der Waals surface area contributed by atoms with Crippen LogP contribution in [0.4, 0.5) is 0 Å². The number of hydrogen-bond acceptors (Lipinski definition) is 18. The van der Waals surface area contributed by atoms with Crippen LogP contribution in [0.3, 0.4) is 0 Å². The molecule has 3 heterocycles. The second-order valence-corrected chi connectivity index (χ2v) is 11.8. The Morgan fingerprint density at radius 3 is 0.596 bits per heavy atom. The van der Waals surface area contributed by atoms with Gasteiger partial charge in [-0.1, -0.05) is 0 Å². The van der Waals surface area contributed by atoms with Gasteiger partial charge in [0.25, 0.3) is 0 Å². The molecule has 0 fully saturated rings. The van der Waals surface area contributed by atoms with E-state index in [9.17, 15) is 0 Å². The maximum atomic E-state index is 6.22. The van der Waals surface area contributed by atoms with Gasteiger partial charge in [-0.3, -0.25) is 0 Å². The van der Waals surface area contributed by atoms with Gasteiger partial charge >= 0.3 is 0 Å². The molecule has 0 aliphatic heterocycles. The van der Waals surface area contributed by atoms with Crippen molar-refractivity contribution in [3.63, 3.8) is 0 Å². The van der Waals surface area contributed by atoms with E-state index >= 15 is 0 Å². The number of hydrogen-bond donors (Lipinski definition) is 0. The SMILES string of the molecule is COc1cc(-c2nnc(-c3cc(-c4nnc(-c5cc(OC)c(OC)c(OC)c5)o4)cc(-c4nnc(-c5cc(OC)c(OC)c(OC)c5)o4)c3)o2)cc(OC)c1OC. The van der Waals surface area contributed by atoms with Crippen LogP contribution in [-0.4, -0.2) is 94.6 Å². The van der Waals surface area contributed by atoms with Gasteiger partial charge in [-0.05, 0) is 54.6 Å². The minimum atomic E-state index is 0.149. The molecule has 0 aliphatic carbocycles. The molecule has 294 valence electrons. The van der Waals surface area contributed by atoms with Crippen LogP contribution in [0.1, 0.15) is 0 Å². The molecule has 3 aromatic heterocycles. The van der Waals surface area contributed by atoms with E-state index < -0.39 is 0 Å². The van der Waals surface area contributed by atoms with Gasteiger partial charge in [0.2, 0.25) is 52.6 Å². The summed E-state index contributed by atoms with van der Waals surface area (Å²) in [7, 11) is 13.7. The van der Waals surface area contributed by atoms with Crippen LogP contribution in [-0.2, 0) is 0 Å². The molecule has 0 spiro atoms. The molecule has 0 aliphatic rings. The fourth-order valence-corrected chi connectivity index (χ4v) is 5.98. The summed E-state index contributed by atoms with van der Waals surface area (Å²) in [6.07, 6.45) is 0. The van der Waals surface area contributed by atoms with Crippen molar-refractivity contribution in [3.8, 4) is 120 Å². The van der Waals surface area contributed by atoms with Gasteiger partial charge in [0.1, 0.15) is 0 Å². The normalized spacial score (nSPS) is 10.9. The molecule has 0 bridgehead atoms. The molecule has 0 atom stereocenters. The van der Waals surface area contributed by atoms with Crippen molar-refractivity contribution in [1.29, 1.82) is 0 Å². The molecule has 0 unspecified atom stereocenters. The maximum Gasteiger partial charge on any atom is 0.248 e. The average molecular weight is 781 g/mol. The van der Waals surface area contributed by atoms with E-state index in [1.54, 1.807) is 54.6 Å². The molecule has 18 nitrogen and oxygen atoms in total. The first kappa shape index (κ1) is 37.8. The molecule has 0 N–H and O–H groups in total. The summed E-state index contributed by atoms with van der Waals surface area (Å²) in [6, 6.07) is 15.5. The van der Waals surface area contributed by atoms with Crippen molar-refractivity contribution in [2.24, 2.45) is 0 Å². The number of rotatable bonds is 15. The van der Waals surface area contributed by atoms with Crippen molar-refractivity contribution < 1.29 is 55.9 Å². The van der Waals surface area contributed by atoms with Crippen molar-refractivity contribution in [2.45, 2.75) is 0 Å². The number of nitrogens with zero attached hydrogens (tertiary/aromatic N) is 6. The highest BCUT2D eigenvalue weighted by Crippen LogP contribution is 2.44. The van der Waals surface area contributed by atoms with Crippen LogP contribution in [0.5, 0.6) is 51.7 Å². The van der Waals surface area contributed by atoms with E-state index in [4.69, 9.17) is 55.9 Å². The number of benzene rings is 4. The number of aromatic nitrogens is 6. The Morgan fingerprint density at radius 2 is 0.439 bits per heavy atom. The fraction of sp³-hybridized carbons (Fsp3) is 0.231. The quantitative estimate of drug-likeness (QED) is 0.104. The first-order valence-corrected chi connectivity index (χ1v) is 16.9. The first-order valence-electron chi connectivity index (χ1n) is 16.9. The lowest BCUT2D eigenvalue weighted by Crippen LogP contribution is -1.95. The van der Waals surface area contributed by atoms with Crippen LogP contribution in [0.15, 0.2) is 67.8 Å². The summed E-state index contributed by atoms with van der Waals surface area (Å²) in [5.74, 6) is 4.70. The molecule has 0 radical (unpaired) electrons. The Bertz CT molecular complexity index is 2180. The number of ether oxygens (including phenoxy) is 9. The smallest absolute Gasteiger partial charge is 0.248 e. The average Bonchev–Trinajstić information content (AvgIpc) is 4.07. The zero-order valence-corrected chi connectivity index (χ0v) is 32.3. The standard InChI is InChI=1S/C39H36N6O12/c1-46-25-13-22(14-26(47-2)31(25)52-7)37-43-40-34(55-37)19-10-20(35-41-44-38(56-35)23-15-27(48-3)32(53-8)28(16-23)49-4)12-21(11-19)36-42-45-39(57-36)24-17-29(50-5)33(54-9)30(18-24)51-6/h10-18H,1-9H3. The third-order valence-electron chi connectivity index (χ3n) is 8.68. The van der Waals surface area contributed by atoms with E-state index in [0.717, 1.165) is 0 Å². The van der Waals surface area contributed by atoms with E-state index in [1.165, 1.54) is 64.0 Å². The van der Waals surface area contributed by atoms with Crippen molar-refractivity contribution >= 4 is 0 Å². The molecule has 4 aromatic carbocycles. The highest BCUT2D eigenvalue weighted by atomic mass is 16.5. The Morgan fingerprint density at radius 1 is 0.263 bits per heavy atom. The lowest BCUT2D eigenvalue weighted by atomic mass is 10.1. The maximum absolute atomic E-state index is 6.22. The molecule has 0 saturated carbocycles. The molecule has 7 rings (SSSR count). The summed E-state index contributed by atoms with van der Waals surface area (Å²) in [5.41, 5.74) is 2.98. The Balaban J connectivity index is 1.34. The highest BCUT2D eigenvalue weighted by Gasteiger charge is 2.24. The lowest BCUT2D eigenvalue weighted by molar-refractivity contribution is 0.324. The summed E-state index contributed by atoms with van der Waals surface area (Å²) in [4.78, 5) is 0. The van der Waals surface area contributed by atoms with Crippen molar-refractivity contribution in [1.82, 2.24) is 30.6 Å². The zero-order chi connectivity index (χ0) is 40.2. The summed E-state index contributed by atoms with van der Waals surface area (Å²) in [6.45, 7) is 0. The van der Waals surface area contributed by atoms with Gasteiger partial charge in [-0.25, -0.2) is 0 Å². The molecule has 0 saturated heterocycles. The predicted octanol–water partition coefficient (Wildman–Crippen LogP) is 6.92. The minimum absolute atomic E-state index is 0.149. The molecule has 57 heavy (non-hydrogen) atoms. The Hall–Kier alpha value is -7.50. The predicted molar refractivity (Wildman–Crippen MR) is 202 cm³/mol. The van der Waals surface area contributed by atoms with Crippen LogP contribution in [0.2, 0.25) is 0 Å². The largest absolute Gasteiger partial charge is 0.493 e. The minimum Gasteiger partial charge on any atom is -0.493 e. The van der Waals surface area contributed by atoms with Crippen LogP contribution in [0.25, 0.3) is 68.7 Å². The third-order valence-corrected chi connectivity index (χ3v) is 8.68. The first-order chi connectivity index (χ1) is 27.8. The second-order valence-electron chi connectivity index (χ2n) is 11.8. The van der Waals surface area contributed by atoms with E-state index in [2.05, 4.69) is 30.6 Å². The highest BCUT2D eigenvalue weighted by molar-refractivity contribution is 5.76. The monoisotopic (exact) mass is 780 g/mol. The van der Waals surface area contributed by atoms with Crippen molar-refractivity contribution in [3.05, 3.63) is 54.6 Å². The molecular weight excluding hydrogens is 744 g/mol. The third kappa shape index (κ3) is 7.10. The lowest BCUT2D eigenvalue weighted by Gasteiger charge is -2.12. The van der Waals surface area contributed by atoms with Crippen LogP contribution < -0.4 is 42.6 Å². The molecule has 18 heteroatoms. The number of methoxy groups -OCH3 is 9.